The first-order chi connectivity index (χ1) is 5.75. The molecule has 1 N–H and O–H groups in total. The van der Waals surface area contributed by atoms with Crippen LogP contribution in [0.2, 0.25) is 0 Å². The van der Waals surface area contributed by atoms with E-state index >= 15 is 0 Å². The lowest BCUT2D eigenvalue weighted by Crippen LogP contribution is -2.49. The minimum absolute atomic E-state index is 0.0333. The monoisotopic (exact) mass is 189 g/mol. The van der Waals surface area contributed by atoms with Crippen molar-refractivity contribution >= 4 is 11.9 Å². The Morgan fingerprint density at radius 1 is 1.46 bits per heavy atom. The van der Waals surface area contributed by atoms with Gasteiger partial charge in [0.25, 0.3) is 0 Å². The molecule has 0 aliphatic rings. The fourth-order valence-corrected chi connectivity index (χ4v) is 0.912. The van der Waals surface area contributed by atoms with Crippen LogP contribution in [0.5, 0.6) is 0 Å². The molecule has 0 saturated heterocycles. The lowest BCUT2D eigenvalue weighted by molar-refractivity contribution is -0.816. The number of carbonyl (C=O) groups is 2. The quantitative estimate of drug-likeness (QED) is 0.524. The molecule has 5 nitrogen and oxygen atoms in total. The molecule has 5 heteroatoms. The van der Waals surface area contributed by atoms with E-state index in [0.717, 1.165) is 0 Å². The van der Waals surface area contributed by atoms with E-state index in [1.54, 1.807) is 14.1 Å². The average molecular weight is 189 g/mol. The maximum atomic E-state index is 11.0. The molecule has 0 saturated carbocycles. The van der Waals surface area contributed by atoms with E-state index in [1.807, 2.05) is 0 Å². The number of aliphatic carboxylic acids is 1. The van der Waals surface area contributed by atoms with Gasteiger partial charge in [-0.2, -0.15) is 0 Å². The van der Waals surface area contributed by atoms with Crippen LogP contribution in [-0.4, -0.2) is 48.2 Å². The number of carboxylic acids is 1. The fraction of sp³-hybridized carbons (Fsp3) is 0.750. The van der Waals surface area contributed by atoms with E-state index in [4.69, 9.17) is 0 Å². The molecule has 0 bridgehead atoms. The lowest BCUT2D eigenvalue weighted by atomic mass is 10.2. The van der Waals surface area contributed by atoms with Crippen molar-refractivity contribution in [2.24, 2.45) is 0 Å². The zero-order valence-electron chi connectivity index (χ0n) is 8.11. The summed E-state index contributed by atoms with van der Waals surface area (Å²) in [4.78, 5) is 21.1. The molecule has 0 aromatic heterocycles. The number of nitrogens with zero attached hydrogens (tertiary/aromatic N) is 1. The fourth-order valence-electron chi connectivity index (χ4n) is 0.912. The first kappa shape index (κ1) is 12.1. The minimum Gasteiger partial charge on any atom is -0.550 e. The van der Waals surface area contributed by atoms with Gasteiger partial charge in [-0.15, -0.1) is 0 Å². The molecule has 1 atom stereocenters. The Bertz CT molecular complexity index is 212. The van der Waals surface area contributed by atoms with Crippen LogP contribution in [0.4, 0.5) is 0 Å². The molecule has 0 aromatic rings. The smallest absolute Gasteiger partial charge is 0.310 e. The van der Waals surface area contributed by atoms with Gasteiger partial charge in [0.2, 0.25) is 0 Å². The normalized spacial score (nSPS) is 13.8. The van der Waals surface area contributed by atoms with Gasteiger partial charge < -0.3 is 15.0 Å². The van der Waals surface area contributed by atoms with Gasteiger partial charge in [-0.05, 0) is 0 Å². The third-order valence-corrected chi connectivity index (χ3v) is 1.92. The summed E-state index contributed by atoms with van der Waals surface area (Å²) >= 11 is 0. The molecule has 0 aromatic carbocycles. The number of hydrogen-bond acceptors (Lipinski definition) is 4. The number of aliphatic hydroxyl groups is 1. The first-order valence-corrected chi connectivity index (χ1v) is 3.97. The van der Waals surface area contributed by atoms with Crippen molar-refractivity contribution in [2.75, 3.05) is 20.6 Å². The number of hydrogen-bond donors (Lipinski definition) is 1. The Kier molecular flexibility index (Phi) is 4.03. The molecular weight excluding hydrogens is 174 g/mol. The molecule has 0 aliphatic carbocycles. The summed E-state index contributed by atoms with van der Waals surface area (Å²) in [7, 11) is 3.22. The standard InChI is InChI=1S/C8H15NO4/c1-6(10)9(2,3)5-7(11)4-8(12)13/h7,11H,4-5H2,1-3H3. The molecule has 0 spiro atoms. The molecule has 13 heavy (non-hydrogen) atoms. The predicted octanol–water partition coefficient (Wildman–Crippen LogP) is -1.89. The van der Waals surface area contributed by atoms with E-state index in [1.165, 1.54) is 6.92 Å². The third kappa shape index (κ3) is 4.59. The molecule has 1 unspecified atom stereocenters. The lowest BCUT2D eigenvalue weighted by Gasteiger charge is -2.27. The van der Waals surface area contributed by atoms with E-state index in [9.17, 15) is 19.8 Å². The molecular formula is C8H15NO4. The summed E-state index contributed by atoms with van der Waals surface area (Å²) in [6, 6.07) is 0. The summed E-state index contributed by atoms with van der Waals surface area (Å²) < 4.78 is -0.0333. The second-order valence-electron chi connectivity index (χ2n) is 3.62. The number of quaternary nitrogens is 1. The van der Waals surface area contributed by atoms with Crippen molar-refractivity contribution < 1.29 is 24.3 Å². The van der Waals surface area contributed by atoms with Crippen LogP contribution in [0.25, 0.3) is 0 Å². The highest BCUT2D eigenvalue weighted by Gasteiger charge is 2.25. The maximum Gasteiger partial charge on any atom is 0.310 e. The van der Waals surface area contributed by atoms with Crippen LogP contribution >= 0.6 is 0 Å². The van der Waals surface area contributed by atoms with Gasteiger partial charge in [-0.25, -0.2) is 4.79 Å². The van der Waals surface area contributed by atoms with Crippen LogP contribution in [0.1, 0.15) is 13.3 Å². The summed E-state index contributed by atoms with van der Waals surface area (Å²) in [5.74, 6) is -1.44. The number of likely N-dealkylation sites (N-methyl/N-ethyl adjacent to an activating group) is 1. The van der Waals surface area contributed by atoms with Crippen LogP contribution in [-0.2, 0) is 9.59 Å². The van der Waals surface area contributed by atoms with E-state index in [0.29, 0.717) is 0 Å². The average Bonchev–Trinajstić information content (AvgIpc) is 1.82. The molecule has 0 heterocycles. The van der Waals surface area contributed by atoms with Crippen LogP contribution in [0.15, 0.2) is 0 Å². The Morgan fingerprint density at radius 3 is 2.23 bits per heavy atom. The summed E-state index contributed by atoms with van der Waals surface area (Å²) in [6.07, 6.45) is -1.47. The summed E-state index contributed by atoms with van der Waals surface area (Å²) in [5.41, 5.74) is 0. The number of carbonyl (C=O) groups excluding carboxylic acids is 2. The largest absolute Gasteiger partial charge is 0.550 e. The van der Waals surface area contributed by atoms with Gasteiger partial charge in [0.05, 0.1) is 21.0 Å². The Morgan fingerprint density at radius 2 is 1.92 bits per heavy atom. The van der Waals surface area contributed by atoms with Gasteiger partial charge in [-0.3, -0.25) is 4.48 Å². The van der Waals surface area contributed by atoms with Crippen molar-refractivity contribution in [3.8, 4) is 0 Å². The zero-order chi connectivity index (χ0) is 10.6. The number of rotatable bonds is 4. The van der Waals surface area contributed by atoms with Crippen molar-refractivity contribution in [1.82, 2.24) is 0 Å². The Hall–Kier alpha value is -0.940. The predicted molar refractivity (Wildman–Crippen MR) is 43.3 cm³/mol. The minimum atomic E-state index is -1.31. The van der Waals surface area contributed by atoms with Crippen LogP contribution in [0.3, 0.4) is 0 Å². The highest BCUT2D eigenvalue weighted by atomic mass is 16.4. The molecule has 0 rings (SSSR count). The van der Waals surface area contributed by atoms with E-state index < -0.39 is 18.5 Å². The number of carboxylic acid groups (broad SMARTS) is 1. The molecule has 0 radical (unpaired) electrons. The van der Waals surface area contributed by atoms with Crippen LogP contribution < -0.4 is 5.11 Å². The summed E-state index contributed by atoms with van der Waals surface area (Å²) in [5, 5.41) is 19.3. The molecule has 0 fully saturated rings. The second kappa shape index (κ2) is 4.34. The van der Waals surface area contributed by atoms with Gasteiger partial charge in [0.15, 0.2) is 0 Å². The van der Waals surface area contributed by atoms with Gasteiger partial charge in [0, 0.05) is 12.4 Å². The topological polar surface area (TPSA) is 77.4 Å². The number of amides is 1. The van der Waals surface area contributed by atoms with Gasteiger partial charge in [-0.1, -0.05) is 0 Å². The second-order valence-corrected chi connectivity index (χ2v) is 3.62. The van der Waals surface area contributed by atoms with Crippen molar-refractivity contribution in [2.45, 2.75) is 19.4 Å². The van der Waals surface area contributed by atoms with Crippen LogP contribution in [0, 0.1) is 0 Å². The van der Waals surface area contributed by atoms with E-state index in [-0.39, 0.29) is 16.9 Å². The van der Waals surface area contributed by atoms with Crippen molar-refractivity contribution in [1.29, 1.82) is 0 Å². The summed E-state index contributed by atoms with van der Waals surface area (Å²) in [6.45, 7) is 1.48. The van der Waals surface area contributed by atoms with Crippen molar-refractivity contribution in [3.63, 3.8) is 0 Å². The highest BCUT2D eigenvalue weighted by Crippen LogP contribution is 2.02. The Balaban J connectivity index is 4.11. The van der Waals surface area contributed by atoms with E-state index in [2.05, 4.69) is 0 Å². The SMILES string of the molecule is CC(=O)[N+](C)(C)CC(O)CC(=O)[O-]. The maximum absolute atomic E-state index is 11.0. The zero-order valence-corrected chi connectivity index (χ0v) is 8.11. The third-order valence-electron chi connectivity index (χ3n) is 1.92. The van der Waals surface area contributed by atoms with Crippen molar-refractivity contribution in [3.05, 3.63) is 0 Å². The molecule has 0 aliphatic heterocycles. The molecule has 1 amide bonds. The number of aliphatic hydroxyl groups excluding tert-OH is 1. The highest BCUT2D eigenvalue weighted by molar-refractivity contribution is 5.66. The van der Waals surface area contributed by atoms with Gasteiger partial charge >= 0.3 is 5.91 Å². The van der Waals surface area contributed by atoms with Gasteiger partial charge in [0.1, 0.15) is 12.6 Å². The Labute approximate surface area is 77.2 Å². The molecule has 76 valence electrons. The first-order valence-electron chi connectivity index (χ1n) is 3.97.